The Morgan fingerprint density at radius 3 is 2.46 bits per heavy atom. The lowest BCUT2D eigenvalue weighted by molar-refractivity contribution is -0.179. The van der Waals surface area contributed by atoms with Gasteiger partial charge in [-0.1, -0.05) is 43.3 Å². The van der Waals surface area contributed by atoms with Gasteiger partial charge >= 0.3 is 6.18 Å². The van der Waals surface area contributed by atoms with Crippen molar-refractivity contribution in [2.75, 3.05) is 6.54 Å². The van der Waals surface area contributed by atoms with Crippen molar-refractivity contribution in [2.24, 2.45) is 0 Å². The van der Waals surface area contributed by atoms with Gasteiger partial charge in [0.25, 0.3) is 0 Å². The van der Waals surface area contributed by atoms with E-state index in [1.165, 1.54) is 5.56 Å². The van der Waals surface area contributed by atoms with E-state index in [2.05, 4.69) is 24.0 Å². The van der Waals surface area contributed by atoms with E-state index in [9.17, 15) is 22.4 Å². The molecule has 0 aliphatic rings. The number of aromatic nitrogens is 2. The minimum absolute atomic E-state index is 0.0475. The van der Waals surface area contributed by atoms with Gasteiger partial charge < -0.3 is 9.84 Å². The number of benzene rings is 1. The van der Waals surface area contributed by atoms with Gasteiger partial charge in [0.15, 0.2) is 0 Å². The predicted molar refractivity (Wildman–Crippen MR) is 86.1 cm³/mol. The lowest BCUT2D eigenvalue weighted by Gasteiger charge is -2.12. The summed E-state index contributed by atoms with van der Waals surface area (Å²) in [6, 6.07) is 7.62. The van der Waals surface area contributed by atoms with E-state index in [0.29, 0.717) is 11.7 Å². The van der Waals surface area contributed by atoms with Crippen molar-refractivity contribution in [3.8, 4) is 11.4 Å². The van der Waals surface area contributed by atoms with Gasteiger partial charge in [-0.25, -0.2) is 4.39 Å². The third kappa shape index (κ3) is 5.53. The van der Waals surface area contributed by atoms with Gasteiger partial charge in [-0.2, -0.15) is 18.2 Å². The first-order valence-corrected chi connectivity index (χ1v) is 8.07. The minimum Gasteiger partial charge on any atom is -0.353 e. The number of hydrogen-bond donors (Lipinski definition) is 1. The van der Waals surface area contributed by atoms with Gasteiger partial charge in [-0.05, 0) is 11.5 Å². The van der Waals surface area contributed by atoms with E-state index < -0.39 is 24.8 Å². The van der Waals surface area contributed by atoms with Crippen LogP contribution in [0.5, 0.6) is 0 Å². The normalized spacial score (nSPS) is 13.0. The second-order valence-corrected chi connectivity index (χ2v) is 6.10. The Hall–Kier alpha value is -2.45. The number of nitrogens with zero attached hydrogens (tertiary/aromatic N) is 2. The van der Waals surface area contributed by atoms with Crippen LogP contribution in [0.25, 0.3) is 11.4 Å². The standard InChI is InChI=1S/C17H19F4N3O2/c1-10(2)11-3-5-12(6-4-11)16-23-15(26-24-16)8-7-14(25)22-9-13(18)17(19,20)21/h3-6,10,13H,7-9H2,1-2H3,(H,22,25). The highest BCUT2D eigenvalue weighted by Gasteiger charge is 2.40. The van der Waals surface area contributed by atoms with Crippen molar-refractivity contribution in [1.29, 1.82) is 0 Å². The van der Waals surface area contributed by atoms with Crippen molar-refractivity contribution in [3.63, 3.8) is 0 Å². The highest BCUT2D eigenvalue weighted by molar-refractivity contribution is 5.76. The average Bonchev–Trinajstić information content (AvgIpc) is 3.06. The molecule has 0 aliphatic heterocycles. The molecule has 0 radical (unpaired) electrons. The fourth-order valence-corrected chi connectivity index (χ4v) is 2.12. The first kappa shape index (κ1) is 19.9. The zero-order valence-corrected chi connectivity index (χ0v) is 14.3. The third-order valence-corrected chi connectivity index (χ3v) is 3.70. The molecule has 2 rings (SSSR count). The van der Waals surface area contributed by atoms with Crippen LogP contribution in [0.3, 0.4) is 0 Å². The van der Waals surface area contributed by atoms with Crippen LogP contribution in [0.15, 0.2) is 28.8 Å². The summed E-state index contributed by atoms with van der Waals surface area (Å²) in [5.41, 5.74) is 1.92. The van der Waals surface area contributed by atoms with Crippen molar-refractivity contribution < 1.29 is 26.9 Å². The maximum atomic E-state index is 12.7. The third-order valence-electron chi connectivity index (χ3n) is 3.70. The molecule has 1 N–H and O–H groups in total. The van der Waals surface area contributed by atoms with E-state index in [0.717, 1.165) is 5.56 Å². The Morgan fingerprint density at radius 2 is 1.88 bits per heavy atom. The van der Waals surface area contributed by atoms with Crippen LogP contribution < -0.4 is 5.32 Å². The summed E-state index contributed by atoms with van der Waals surface area (Å²) in [5.74, 6) is 0.204. The monoisotopic (exact) mass is 373 g/mol. The number of rotatable bonds is 7. The zero-order chi connectivity index (χ0) is 19.3. The van der Waals surface area contributed by atoms with E-state index in [4.69, 9.17) is 4.52 Å². The molecular formula is C17H19F4N3O2. The van der Waals surface area contributed by atoms with Gasteiger partial charge in [0, 0.05) is 18.4 Å². The fraction of sp³-hybridized carbons (Fsp3) is 0.471. The number of nitrogens with one attached hydrogen (secondary N) is 1. The Balaban J connectivity index is 1.85. The predicted octanol–water partition coefficient (Wildman–Crippen LogP) is 3.81. The first-order valence-electron chi connectivity index (χ1n) is 8.07. The van der Waals surface area contributed by atoms with Crippen LogP contribution in [0.2, 0.25) is 0 Å². The molecule has 0 spiro atoms. The van der Waals surface area contributed by atoms with E-state index in [1.54, 1.807) is 0 Å². The first-order chi connectivity index (χ1) is 12.2. The fourth-order valence-electron chi connectivity index (χ4n) is 2.12. The molecular weight excluding hydrogens is 354 g/mol. The van der Waals surface area contributed by atoms with Crippen LogP contribution >= 0.6 is 0 Å². The molecule has 1 amide bonds. The molecule has 1 atom stereocenters. The summed E-state index contributed by atoms with van der Waals surface area (Å²) in [6.07, 6.45) is -8.21. The summed E-state index contributed by atoms with van der Waals surface area (Å²) in [4.78, 5) is 15.6. The quantitative estimate of drug-likeness (QED) is 0.750. The number of amides is 1. The number of halogens is 4. The summed E-state index contributed by atoms with van der Waals surface area (Å²) >= 11 is 0. The van der Waals surface area contributed by atoms with Gasteiger partial charge in [-0.15, -0.1) is 0 Å². The second kappa shape index (κ2) is 8.29. The molecule has 1 aromatic heterocycles. The van der Waals surface area contributed by atoms with E-state index >= 15 is 0 Å². The van der Waals surface area contributed by atoms with Gasteiger partial charge in [0.05, 0.1) is 6.54 Å². The average molecular weight is 373 g/mol. The summed E-state index contributed by atoms with van der Waals surface area (Å²) < 4.78 is 53.8. The Morgan fingerprint density at radius 1 is 1.23 bits per heavy atom. The number of alkyl halides is 4. The number of hydrogen-bond acceptors (Lipinski definition) is 4. The van der Waals surface area contributed by atoms with Gasteiger partial charge in [-0.3, -0.25) is 4.79 Å². The molecule has 0 saturated heterocycles. The lowest BCUT2D eigenvalue weighted by atomic mass is 10.0. The highest BCUT2D eigenvalue weighted by Crippen LogP contribution is 2.22. The zero-order valence-electron chi connectivity index (χ0n) is 14.3. The van der Waals surface area contributed by atoms with Crippen LogP contribution in [-0.2, 0) is 11.2 Å². The van der Waals surface area contributed by atoms with Crippen LogP contribution in [0.1, 0.15) is 37.6 Å². The van der Waals surface area contributed by atoms with Crippen LogP contribution in [-0.4, -0.2) is 34.9 Å². The van der Waals surface area contributed by atoms with E-state index in [-0.39, 0.29) is 18.7 Å². The largest absolute Gasteiger partial charge is 0.421 e. The Labute approximate surface area is 147 Å². The maximum Gasteiger partial charge on any atom is 0.421 e. The highest BCUT2D eigenvalue weighted by atomic mass is 19.4. The molecule has 26 heavy (non-hydrogen) atoms. The summed E-state index contributed by atoms with van der Waals surface area (Å²) in [7, 11) is 0. The molecule has 9 heteroatoms. The van der Waals surface area contributed by atoms with Crippen molar-refractivity contribution in [2.45, 2.75) is 45.0 Å². The summed E-state index contributed by atoms with van der Waals surface area (Å²) in [5, 5.41) is 5.71. The van der Waals surface area contributed by atoms with Crippen LogP contribution in [0, 0.1) is 0 Å². The van der Waals surface area contributed by atoms with Crippen molar-refractivity contribution >= 4 is 5.91 Å². The molecule has 0 bridgehead atoms. The molecule has 2 aromatic rings. The van der Waals surface area contributed by atoms with Gasteiger partial charge in [0.1, 0.15) is 0 Å². The molecule has 1 heterocycles. The number of carbonyl (C=O) groups is 1. The maximum absolute atomic E-state index is 12.7. The molecule has 1 aromatic carbocycles. The van der Waals surface area contributed by atoms with Crippen molar-refractivity contribution in [1.82, 2.24) is 15.5 Å². The second-order valence-electron chi connectivity index (χ2n) is 6.10. The Bertz CT molecular complexity index is 726. The molecule has 1 unspecified atom stereocenters. The van der Waals surface area contributed by atoms with Crippen LogP contribution in [0.4, 0.5) is 17.6 Å². The lowest BCUT2D eigenvalue weighted by Crippen LogP contribution is -2.38. The smallest absolute Gasteiger partial charge is 0.353 e. The molecule has 0 saturated carbocycles. The van der Waals surface area contributed by atoms with Gasteiger partial charge in [0.2, 0.25) is 23.8 Å². The molecule has 5 nitrogen and oxygen atoms in total. The summed E-state index contributed by atoms with van der Waals surface area (Å²) in [6.45, 7) is 3.04. The number of carbonyl (C=O) groups excluding carboxylic acids is 1. The molecule has 0 fully saturated rings. The SMILES string of the molecule is CC(C)c1ccc(-c2noc(CCC(=O)NCC(F)C(F)(F)F)n2)cc1. The topological polar surface area (TPSA) is 68.0 Å². The minimum atomic E-state index is -4.99. The Kier molecular flexibility index (Phi) is 6.33. The number of aryl methyl sites for hydroxylation is 1. The van der Waals surface area contributed by atoms with E-state index in [1.807, 2.05) is 29.6 Å². The molecule has 0 aliphatic carbocycles. The molecule has 142 valence electrons. The van der Waals surface area contributed by atoms with Crippen molar-refractivity contribution in [3.05, 3.63) is 35.7 Å².